The molecule has 0 amide bonds. The molecule has 0 aromatic rings. The number of carbonyl (C=O) groups excluding carboxylic acids is 3. The Morgan fingerprint density at radius 2 is 0.526 bits per heavy atom. The molecule has 0 rings (SSSR count). The molecule has 13 heteroatoms. The maximum atomic E-state index is 8.89. The van der Waals surface area contributed by atoms with E-state index in [0.29, 0.717) is 0 Å². The maximum absolute atomic E-state index is 8.89. The summed E-state index contributed by atoms with van der Waals surface area (Å²) in [6, 6.07) is 0. The summed E-state index contributed by atoms with van der Waals surface area (Å²) in [6.07, 6.45) is 0. The Labute approximate surface area is 139 Å². The number of carbonyl (C=O) groups is 3. The quantitative estimate of drug-likeness (QED) is 0.349. The van der Waals surface area contributed by atoms with Crippen molar-refractivity contribution in [1.82, 2.24) is 0 Å². The molecule has 0 spiro atoms. The monoisotopic (exact) mass is 444 g/mol. The fraction of sp³-hybridized carbons (Fsp3) is 0.500. The summed E-state index contributed by atoms with van der Waals surface area (Å²) >= 11 is 0. The van der Waals surface area contributed by atoms with Crippen molar-refractivity contribution in [3.8, 4) is 0 Å². The number of hydrogen-bond acceptors (Lipinski definition) is 6. The topological polar surface area (TPSA) is 309 Å². The van der Waals surface area contributed by atoms with Crippen molar-refractivity contribution in [2.75, 3.05) is 0 Å². The van der Waals surface area contributed by atoms with E-state index in [1.54, 1.807) is 0 Å². The number of rotatable bonds is 0. The van der Waals surface area contributed by atoms with Gasteiger partial charge >= 0.3 is 38.6 Å². The van der Waals surface area contributed by atoms with E-state index in [0.717, 1.165) is 20.8 Å². The normalized spacial score (nSPS) is 3.95. The number of carboxylic acids is 3. The first kappa shape index (κ1) is 78.7. The summed E-state index contributed by atoms with van der Waals surface area (Å²) in [5, 5.41) is 26.7. The van der Waals surface area contributed by atoms with Crippen LogP contribution in [0.3, 0.4) is 0 Å². The molecule has 0 heterocycles. The van der Waals surface area contributed by atoms with Gasteiger partial charge in [-0.15, -0.1) is 0 Å². The standard InChI is InChI=1S/3C2H4O2.6H2O.Tb/c3*1-2(3)4;;;;;;;/h3*1H3,(H,3,4);6*1H2;/q;;;;;;;;;+3/p-3. The summed E-state index contributed by atoms with van der Waals surface area (Å²) in [5.41, 5.74) is 0. The number of aliphatic carboxylic acids is 3. The fourth-order valence-corrected chi connectivity index (χ4v) is 0. The Morgan fingerprint density at radius 1 is 0.526 bits per heavy atom. The van der Waals surface area contributed by atoms with Crippen LogP contribution in [-0.4, -0.2) is 50.8 Å². The van der Waals surface area contributed by atoms with Crippen LogP contribution in [0.5, 0.6) is 0 Å². The van der Waals surface area contributed by atoms with Crippen LogP contribution in [0.15, 0.2) is 0 Å². The minimum atomic E-state index is -1.08. The van der Waals surface area contributed by atoms with Gasteiger partial charge in [0, 0.05) is 17.9 Å². The third-order valence-corrected chi connectivity index (χ3v) is 0. The summed E-state index contributed by atoms with van der Waals surface area (Å²) in [5.74, 6) is -3.25. The van der Waals surface area contributed by atoms with Crippen LogP contribution >= 0.6 is 0 Å². The number of carboxylic acid groups (broad SMARTS) is 3. The maximum Gasteiger partial charge on any atom is 3.00 e. The molecule has 0 aliphatic carbocycles. The summed E-state index contributed by atoms with van der Waals surface area (Å²) in [4.78, 5) is 26.7. The van der Waals surface area contributed by atoms with Crippen LogP contribution in [0.4, 0.5) is 0 Å². The molecular weight excluding hydrogens is 423 g/mol. The van der Waals surface area contributed by atoms with E-state index in [9.17, 15) is 0 Å². The van der Waals surface area contributed by atoms with Crippen LogP contribution in [-0.2, 0) is 14.4 Å². The molecule has 12 nitrogen and oxygen atoms in total. The molecule has 0 aliphatic rings. The fourth-order valence-electron chi connectivity index (χ4n) is 0. The third kappa shape index (κ3) is 14100. The van der Waals surface area contributed by atoms with Crippen LogP contribution < -0.4 is 15.3 Å². The molecular formula is C6H21O12Tb. The molecule has 0 fully saturated rings. The predicted octanol–water partition coefficient (Wildman–Crippen LogP) is -8.68. The Morgan fingerprint density at radius 3 is 0.526 bits per heavy atom. The Bertz CT molecular complexity index is 120. The minimum Gasteiger partial charge on any atom is -0.550 e. The van der Waals surface area contributed by atoms with Gasteiger partial charge in [-0.05, 0) is 20.8 Å². The van der Waals surface area contributed by atoms with Crippen molar-refractivity contribution in [2.24, 2.45) is 0 Å². The minimum absolute atomic E-state index is 0. The third-order valence-electron chi connectivity index (χ3n) is 0. The van der Waals surface area contributed by atoms with Crippen LogP contribution in [0.2, 0.25) is 0 Å². The van der Waals surface area contributed by atoms with Crippen molar-refractivity contribution >= 4 is 17.9 Å². The summed E-state index contributed by atoms with van der Waals surface area (Å²) in [6.45, 7) is 2.92. The van der Waals surface area contributed by atoms with E-state index in [1.165, 1.54) is 0 Å². The Balaban J connectivity index is -0.00000000675. The van der Waals surface area contributed by atoms with E-state index in [2.05, 4.69) is 0 Å². The summed E-state index contributed by atoms with van der Waals surface area (Å²) < 4.78 is 0. The average molecular weight is 444 g/mol. The molecule has 12 N–H and O–H groups in total. The van der Waals surface area contributed by atoms with E-state index >= 15 is 0 Å². The van der Waals surface area contributed by atoms with E-state index < -0.39 is 17.9 Å². The van der Waals surface area contributed by atoms with E-state index in [4.69, 9.17) is 29.7 Å². The largest absolute Gasteiger partial charge is 3.00 e. The zero-order chi connectivity index (χ0) is 10.7. The van der Waals surface area contributed by atoms with Gasteiger partial charge in [-0.3, -0.25) is 0 Å². The van der Waals surface area contributed by atoms with Crippen molar-refractivity contribution < 1.29 is 101 Å². The van der Waals surface area contributed by atoms with Gasteiger partial charge in [0.1, 0.15) is 0 Å². The predicted molar refractivity (Wildman–Crippen MR) is 53.7 cm³/mol. The second-order valence-electron chi connectivity index (χ2n) is 1.47. The molecule has 0 aromatic carbocycles. The first-order valence-corrected chi connectivity index (χ1v) is 2.72. The Hall–Kier alpha value is -0.544. The van der Waals surface area contributed by atoms with Gasteiger partial charge in [-0.2, -0.15) is 0 Å². The average Bonchev–Trinajstić information content (AvgIpc) is 1.54. The smallest absolute Gasteiger partial charge is 0.550 e. The molecule has 0 unspecified atom stereocenters. The molecule has 126 valence electrons. The van der Waals surface area contributed by atoms with Gasteiger partial charge in [0.05, 0.1) is 0 Å². The first-order valence-electron chi connectivity index (χ1n) is 2.72. The van der Waals surface area contributed by atoms with Gasteiger partial charge < -0.3 is 62.6 Å². The van der Waals surface area contributed by atoms with Crippen molar-refractivity contribution in [3.63, 3.8) is 0 Å². The van der Waals surface area contributed by atoms with Gasteiger partial charge in [0.15, 0.2) is 0 Å². The molecule has 0 radical (unpaired) electrons. The molecule has 19 heavy (non-hydrogen) atoms. The van der Waals surface area contributed by atoms with Gasteiger partial charge in [-0.1, -0.05) is 0 Å². The molecule has 0 aromatic heterocycles. The number of hydrogen-bond donors (Lipinski definition) is 0. The van der Waals surface area contributed by atoms with Gasteiger partial charge in [0.25, 0.3) is 0 Å². The molecule has 0 aliphatic heterocycles. The molecule has 0 saturated heterocycles. The molecule has 0 saturated carbocycles. The van der Waals surface area contributed by atoms with Crippen molar-refractivity contribution in [1.29, 1.82) is 0 Å². The van der Waals surface area contributed by atoms with Crippen LogP contribution in [0.1, 0.15) is 20.8 Å². The zero-order valence-corrected chi connectivity index (χ0v) is 12.4. The van der Waals surface area contributed by atoms with Crippen LogP contribution in [0, 0.1) is 38.6 Å². The first-order chi connectivity index (χ1) is 5.20. The SMILES string of the molecule is CC(=O)[O-].CC(=O)[O-].CC(=O)[O-].O.O.O.O.O.O.[Tb+3]. The molecule has 0 bridgehead atoms. The zero-order valence-electron chi connectivity index (χ0n) is 10.3. The second kappa shape index (κ2) is 66.1. The van der Waals surface area contributed by atoms with Gasteiger partial charge in [-0.25, -0.2) is 0 Å². The van der Waals surface area contributed by atoms with Crippen molar-refractivity contribution in [3.05, 3.63) is 0 Å². The van der Waals surface area contributed by atoms with Crippen molar-refractivity contribution in [2.45, 2.75) is 20.8 Å². The van der Waals surface area contributed by atoms with Crippen LogP contribution in [0.25, 0.3) is 0 Å². The Kier molecular flexibility index (Phi) is 274. The second-order valence-corrected chi connectivity index (χ2v) is 1.47. The van der Waals surface area contributed by atoms with E-state index in [1.807, 2.05) is 0 Å². The molecule has 0 atom stereocenters. The summed E-state index contributed by atoms with van der Waals surface area (Å²) in [7, 11) is 0. The van der Waals surface area contributed by atoms with Gasteiger partial charge in [0.2, 0.25) is 0 Å². The van der Waals surface area contributed by atoms with E-state index in [-0.39, 0.29) is 71.5 Å².